The van der Waals surface area contributed by atoms with E-state index in [1.165, 1.54) is 14.2 Å². The number of aliphatic hydroxyl groups is 1. The molecular formula is C17H18ClN7O3. The summed E-state index contributed by atoms with van der Waals surface area (Å²) in [5, 5.41) is 17.6. The lowest BCUT2D eigenvalue weighted by molar-refractivity contribution is 0.0590. The average Bonchev–Trinajstić information content (AvgIpc) is 3.41. The fourth-order valence-corrected chi connectivity index (χ4v) is 3.31. The molecule has 4 aromatic heterocycles. The van der Waals surface area contributed by atoms with Crippen LogP contribution in [0.15, 0.2) is 24.8 Å². The van der Waals surface area contributed by atoms with Crippen molar-refractivity contribution in [2.24, 2.45) is 7.05 Å². The summed E-state index contributed by atoms with van der Waals surface area (Å²) >= 11 is 6.28. The average molecular weight is 404 g/mol. The Hall–Kier alpha value is -2.95. The van der Waals surface area contributed by atoms with Gasteiger partial charge in [-0.1, -0.05) is 11.6 Å². The van der Waals surface area contributed by atoms with Crippen LogP contribution in [0.5, 0.6) is 5.88 Å². The monoisotopic (exact) mass is 403 g/mol. The van der Waals surface area contributed by atoms with Gasteiger partial charge in [-0.05, 0) is 6.07 Å². The number of H-pyrrole nitrogens is 1. The second-order valence-corrected chi connectivity index (χ2v) is 6.50. The summed E-state index contributed by atoms with van der Waals surface area (Å²) in [5.74, 6) is 1.02. The third-order valence-electron chi connectivity index (χ3n) is 4.38. The molecule has 0 aromatic carbocycles. The molecule has 0 aliphatic carbocycles. The minimum absolute atomic E-state index is 0.104. The molecule has 0 bridgehead atoms. The third kappa shape index (κ3) is 2.91. The molecule has 0 unspecified atom stereocenters. The molecular weight excluding hydrogens is 386 g/mol. The second kappa shape index (κ2) is 7.23. The van der Waals surface area contributed by atoms with E-state index < -0.39 is 6.10 Å². The largest absolute Gasteiger partial charge is 0.480 e. The van der Waals surface area contributed by atoms with Crippen molar-refractivity contribution in [1.29, 1.82) is 0 Å². The molecule has 28 heavy (non-hydrogen) atoms. The van der Waals surface area contributed by atoms with E-state index in [1.807, 2.05) is 16.2 Å². The summed E-state index contributed by atoms with van der Waals surface area (Å²) in [4.78, 5) is 13.1. The van der Waals surface area contributed by atoms with Gasteiger partial charge >= 0.3 is 0 Å². The SMILES string of the molecule is COC[C@H](O)c1nc(-c2c(-n3ccnc3)c3nc(OC)c(Cl)cc3n2C)n[nH]1. The van der Waals surface area contributed by atoms with Crippen LogP contribution in [0.2, 0.25) is 5.02 Å². The van der Waals surface area contributed by atoms with Crippen molar-refractivity contribution in [3.8, 4) is 23.1 Å². The standard InChI is InChI=1S/C17H18ClN7O3/c1-24-10-6-9(18)17(28-3)20-12(10)13(25-5-4-19-8-25)14(24)16-21-15(22-23-16)11(26)7-27-2/h4-6,8,11,26H,7H2,1-3H3,(H,21,22,23)/t11-/m0/s1. The van der Waals surface area contributed by atoms with Gasteiger partial charge < -0.3 is 23.7 Å². The molecule has 0 aliphatic rings. The van der Waals surface area contributed by atoms with E-state index >= 15 is 0 Å². The molecule has 0 amide bonds. The fraction of sp³-hybridized carbons (Fsp3) is 0.294. The van der Waals surface area contributed by atoms with Crippen molar-refractivity contribution >= 4 is 22.6 Å². The highest BCUT2D eigenvalue weighted by atomic mass is 35.5. The molecule has 0 saturated carbocycles. The molecule has 0 aliphatic heterocycles. The zero-order valence-electron chi connectivity index (χ0n) is 15.4. The van der Waals surface area contributed by atoms with Crippen LogP contribution in [0, 0.1) is 0 Å². The van der Waals surface area contributed by atoms with Crippen molar-refractivity contribution < 1.29 is 14.6 Å². The molecule has 11 heteroatoms. The zero-order chi connectivity index (χ0) is 19.8. The smallest absolute Gasteiger partial charge is 0.233 e. The molecule has 0 saturated heterocycles. The van der Waals surface area contributed by atoms with Gasteiger partial charge in [0, 0.05) is 26.6 Å². The highest BCUT2D eigenvalue weighted by Gasteiger charge is 2.25. The van der Waals surface area contributed by atoms with Gasteiger partial charge in [0.25, 0.3) is 0 Å². The zero-order valence-corrected chi connectivity index (χ0v) is 16.2. The predicted molar refractivity (Wildman–Crippen MR) is 102 cm³/mol. The lowest BCUT2D eigenvalue weighted by atomic mass is 10.3. The van der Waals surface area contributed by atoms with E-state index in [9.17, 15) is 5.11 Å². The number of nitrogens with zero attached hydrogens (tertiary/aromatic N) is 6. The van der Waals surface area contributed by atoms with Crippen molar-refractivity contribution in [1.82, 2.24) is 34.3 Å². The van der Waals surface area contributed by atoms with Gasteiger partial charge in [-0.25, -0.2) is 15.0 Å². The number of aromatic nitrogens is 7. The Kier molecular flexibility index (Phi) is 4.75. The van der Waals surface area contributed by atoms with Gasteiger partial charge in [0.1, 0.15) is 28.0 Å². The first-order valence-electron chi connectivity index (χ1n) is 8.36. The second-order valence-electron chi connectivity index (χ2n) is 6.09. The first-order valence-corrected chi connectivity index (χ1v) is 8.73. The minimum atomic E-state index is -0.912. The molecule has 2 N–H and O–H groups in total. The molecule has 4 rings (SSSR count). The third-order valence-corrected chi connectivity index (χ3v) is 4.65. The number of aryl methyl sites for hydroxylation is 1. The maximum absolute atomic E-state index is 10.1. The normalized spacial score (nSPS) is 12.6. The maximum atomic E-state index is 10.1. The molecule has 4 aromatic rings. The summed E-state index contributed by atoms with van der Waals surface area (Å²) in [6.45, 7) is 0.104. The Balaban J connectivity index is 1.98. The predicted octanol–water partition coefficient (Wildman–Crippen LogP) is 1.89. The van der Waals surface area contributed by atoms with E-state index in [4.69, 9.17) is 21.1 Å². The number of hydrogen-bond donors (Lipinski definition) is 2. The maximum Gasteiger partial charge on any atom is 0.233 e. The van der Waals surface area contributed by atoms with E-state index in [2.05, 4.69) is 25.1 Å². The summed E-state index contributed by atoms with van der Waals surface area (Å²) in [6.07, 6.45) is 4.22. The number of imidazole rings is 1. The van der Waals surface area contributed by atoms with Gasteiger partial charge in [-0.2, -0.15) is 5.10 Å². The van der Waals surface area contributed by atoms with Gasteiger partial charge in [-0.3, -0.25) is 5.10 Å². The van der Waals surface area contributed by atoms with Gasteiger partial charge in [-0.15, -0.1) is 0 Å². The van der Waals surface area contributed by atoms with Crippen LogP contribution >= 0.6 is 11.6 Å². The Bertz CT molecular complexity index is 1120. The first-order chi connectivity index (χ1) is 13.5. The van der Waals surface area contributed by atoms with Crippen LogP contribution in [-0.2, 0) is 11.8 Å². The van der Waals surface area contributed by atoms with Crippen molar-refractivity contribution in [3.63, 3.8) is 0 Å². The Morgan fingerprint density at radius 2 is 2.14 bits per heavy atom. The number of pyridine rings is 1. The van der Waals surface area contributed by atoms with E-state index in [0.717, 1.165) is 11.2 Å². The first kappa shape index (κ1) is 18.4. The molecule has 10 nitrogen and oxygen atoms in total. The number of nitrogens with one attached hydrogen (secondary N) is 1. The van der Waals surface area contributed by atoms with Crippen molar-refractivity contribution in [2.45, 2.75) is 6.10 Å². The van der Waals surface area contributed by atoms with Gasteiger partial charge in [0.05, 0.1) is 25.6 Å². The Morgan fingerprint density at radius 3 is 2.82 bits per heavy atom. The van der Waals surface area contributed by atoms with Crippen LogP contribution in [0.4, 0.5) is 0 Å². The molecule has 1 atom stereocenters. The van der Waals surface area contributed by atoms with Crippen molar-refractivity contribution in [2.75, 3.05) is 20.8 Å². The minimum Gasteiger partial charge on any atom is -0.480 e. The summed E-state index contributed by atoms with van der Waals surface area (Å²) in [6, 6.07) is 1.78. The summed E-state index contributed by atoms with van der Waals surface area (Å²) < 4.78 is 14.0. The fourth-order valence-electron chi connectivity index (χ4n) is 3.08. The van der Waals surface area contributed by atoms with Gasteiger partial charge in [0.15, 0.2) is 11.6 Å². The lowest BCUT2D eigenvalue weighted by Gasteiger charge is -2.05. The van der Waals surface area contributed by atoms with Gasteiger partial charge in [0.2, 0.25) is 5.88 Å². The number of halogens is 1. The molecule has 0 spiro atoms. The summed E-state index contributed by atoms with van der Waals surface area (Å²) in [5.41, 5.74) is 2.82. The van der Waals surface area contributed by atoms with Crippen LogP contribution in [-0.4, -0.2) is 60.2 Å². The quantitative estimate of drug-likeness (QED) is 0.505. The van der Waals surface area contributed by atoms with Crippen LogP contribution in [0.25, 0.3) is 28.2 Å². The van der Waals surface area contributed by atoms with E-state index in [0.29, 0.717) is 33.8 Å². The molecule has 0 fully saturated rings. The number of hydrogen-bond acceptors (Lipinski definition) is 7. The van der Waals surface area contributed by atoms with Crippen LogP contribution in [0.3, 0.4) is 0 Å². The number of aromatic amines is 1. The lowest BCUT2D eigenvalue weighted by Crippen LogP contribution is -2.07. The van der Waals surface area contributed by atoms with E-state index in [1.54, 1.807) is 24.8 Å². The molecule has 0 radical (unpaired) electrons. The number of methoxy groups -OCH3 is 2. The highest BCUT2D eigenvalue weighted by Crippen LogP contribution is 2.37. The highest BCUT2D eigenvalue weighted by molar-refractivity contribution is 6.32. The van der Waals surface area contributed by atoms with Crippen LogP contribution < -0.4 is 4.74 Å². The van der Waals surface area contributed by atoms with E-state index in [-0.39, 0.29) is 6.61 Å². The number of ether oxygens (including phenoxy) is 2. The number of fused-ring (bicyclic) bond motifs is 1. The topological polar surface area (TPSA) is 116 Å². The molecule has 146 valence electrons. The Morgan fingerprint density at radius 1 is 1.32 bits per heavy atom. The van der Waals surface area contributed by atoms with Crippen molar-refractivity contribution in [3.05, 3.63) is 35.6 Å². The number of aliphatic hydroxyl groups excluding tert-OH is 1. The number of rotatable bonds is 6. The van der Waals surface area contributed by atoms with Crippen LogP contribution in [0.1, 0.15) is 11.9 Å². The summed E-state index contributed by atoms with van der Waals surface area (Å²) in [7, 11) is 4.88. The molecule has 4 heterocycles. The Labute approximate surface area is 164 Å².